The Kier molecular flexibility index (Phi) is 4.59. The summed E-state index contributed by atoms with van der Waals surface area (Å²) in [7, 11) is 0. The molecule has 2 aromatic heterocycles. The maximum absolute atomic E-state index is 13.4. The van der Waals surface area contributed by atoms with Crippen molar-refractivity contribution >= 4 is 28.0 Å². The minimum Gasteiger partial charge on any atom is -0.329 e. The molecule has 3 heterocycles. The van der Waals surface area contributed by atoms with E-state index in [0.717, 1.165) is 25.8 Å². The molecule has 4 rings (SSSR count). The smallest absolute Gasteiger partial charge is 0.275 e. The number of hydrogen-bond donors (Lipinski definition) is 0. The van der Waals surface area contributed by atoms with Crippen LogP contribution in [0.4, 0.5) is 0 Å². The van der Waals surface area contributed by atoms with Crippen LogP contribution in [0.2, 0.25) is 0 Å². The molecule has 0 aliphatic carbocycles. The number of carbonyl (C=O) groups excluding carboxylic acids is 1. The average molecular weight is 367 g/mol. The van der Waals surface area contributed by atoms with Crippen LogP contribution < -0.4 is 5.56 Å². The molecule has 1 aliphatic heterocycles. The van der Waals surface area contributed by atoms with Gasteiger partial charge in [-0.2, -0.15) is 5.10 Å². The Morgan fingerprint density at radius 1 is 1.23 bits per heavy atom. The molecule has 134 valence electrons. The predicted octanol–water partition coefficient (Wildman–Crippen LogP) is 3.85. The van der Waals surface area contributed by atoms with Crippen LogP contribution in [0, 0.1) is 0 Å². The van der Waals surface area contributed by atoms with E-state index >= 15 is 0 Å². The molecule has 3 aromatic rings. The van der Waals surface area contributed by atoms with Gasteiger partial charge in [0.05, 0.1) is 11.4 Å². The molecule has 1 aliphatic rings. The summed E-state index contributed by atoms with van der Waals surface area (Å²) in [6.45, 7) is 3.24. The van der Waals surface area contributed by atoms with Crippen LogP contribution in [0.25, 0.3) is 10.8 Å². The number of aryl methyl sites for hydroxylation is 1. The van der Waals surface area contributed by atoms with Gasteiger partial charge in [0, 0.05) is 23.4 Å². The molecule has 5 nitrogen and oxygen atoms in total. The number of nitrogens with zero attached hydrogens (tertiary/aromatic N) is 3. The molecule has 26 heavy (non-hydrogen) atoms. The van der Waals surface area contributed by atoms with Crippen molar-refractivity contribution in [3.63, 3.8) is 0 Å². The van der Waals surface area contributed by atoms with E-state index in [2.05, 4.69) is 11.2 Å². The number of benzene rings is 1. The number of rotatable bonds is 4. The van der Waals surface area contributed by atoms with Gasteiger partial charge in [-0.3, -0.25) is 9.59 Å². The molecular formula is C20H21N3O2S. The molecule has 0 spiro atoms. The van der Waals surface area contributed by atoms with E-state index in [1.807, 2.05) is 41.5 Å². The minimum absolute atomic E-state index is 0.0815. The van der Waals surface area contributed by atoms with Crippen molar-refractivity contribution in [1.29, 1.82) is 0 Å². The van der Waals surface area contributed by atoms with Crippen molar-refractivity contribution in [1.82, 2.24) is 14.7 Å². The lowest BCUT2D eigenvalue weighted by Gasteiger charge is -2.24. The summed E-state index contributed by atoms with van der Waals surface area (Å²) in [5.41, 5.74) is 0.257. The van der Waals surface area contributed by atoms with E-state index in [0.29, 0.717) is 23.0 Å². The molecule has 0 saturated carbocycles. The summed E-state index contributed by atoms with van der Waals surface area (Å²) < 4.78 is 1.44. The van der Waals surface area contributed by atoms with E-state index < -0.39 is 0 Å². The molecule has 1 atom stereocenters. The van der Waals surface area contributed by atoms with E-state index in [1.165, 1.54) is 9.56 Å². The molecule has 0 bridgehead atoms. The number of hydrogen-bond acceptors (Lipinski definition) is 4. The van der Waals surface area contributed by atoms with Gasteiger partial charge in [0.15, 0.2) is 5.69 Å². The highest BCUT2D eigenvalue weighted by Gasteiger charge is 2.33. The molecule has 0 unspecified atom stereocenters. The highest BCUT2D eigenvalue weighted by Crippen LogP contribution is 2.35. The molecule has 1 amide bonds. The van der Waals surface area contributed by atoms with Crippen LogP contribution in [-0.2, 0) is 6.54 Å². The van der Waals surface area contributed by atoms with Gasteiger partial charge in [-0.1, -0.05) is 31.2 Å². The summed E-state index contributed by atoms with van der Waals surface area (Å²) in [6, 6.07) is 11.5. The summed E-state index contributed by atoms with van der Waals surface area (Å²) in [5.74, 6) is -0.0815. The highest BCUT2D eigenvalue weighted by atomic mass is 32.1. The normalized spacial score (nSPS) is 17.1. The van der Waals surface area contributed by atoms with Gasteiger partial charge in [-0.05, 0) is 36.8 Å². The molecule has 1 aromatic carbocycles. The first-order chi connectivity index (χ1) is 12.7. The maximum Gasteiger partial charge on any atom is 0.275 e. The van der Waals surface area contributed by atoms with Crippen molar-refractivity contribution in [2.45, 2.75) is 38.8 Å². The fraction of sp³-hybridized carbons (Fsp3) is 0.350. The third-order valence-corrected chi connectivity index (χ3v) is 5.86. The van der Waals surface area contributed by atoms with E-state index in [-0.39, 0.29) is 17.5 Å². The first kappa shape index (κ1) is 17.0. The first-order valence-corrected chi connectivity index (χ1v) is 9.93. The van der Waals surface area contributed by atoms with E-state index in [4.69, 9.17) is 0 Å². The summed E-state index contributed by atoms with van der Waals surface area (Å²) in [4.78, 5) is 29.2. The standard InChI is InChI=1S/C20H21N3O2S/c1-2-11-23-19(24)15-8-4-3-7-14(15)18(21-23)20(25)22-12-5-9-16(22)17-10-6-13-26-17/h3-4,6-8,10,13,16H,2,5,9,11-12H2,1H3/t16-/m0/s1. The minimum atomic E-state index is -0.129. The molecule has 1 saturated heterocycles. The van der Waals surface area contributed by atoms with Gasteiger partial charge in [0.25, 0.3) is 11.5 Å². The van der Waals surface area contributed by atoms with Gasteiger partial charge in [0.1, 0.15) is 0 Å². The second kappa shape index (κ2) is 7.03. The van der Waals surface area contributed by atoms with Crippen LogP contribution in [-0.4, -0.2) is 27.1 Å². The SMILES string of the molecule is CCCn1nc(C(=O)N2CCC[C@H]2c2cccs2)c2ccccc2c1=O. The number of aromatic nitrogens is 2. The van der Waals surface area contributed by atoms with Crippen LogP contribution in [0.3, 0.4) is 0 Å². The number of thiophene rings is 1. The average Bonchev–Trinajstić information content (AvgIpc) is 3.35. The fourth-order valence-corrected chi connectivity index (χ4v) is 4.55. The van der Waals surface area contributed by atoms with Crippen molar-refractivity contribution in [2.24, 2.45) is 0 Å². The predicted molar refractivity (Wildman–Crippen MR) is 104 cm³/mol. The van der Waals surface area contributed by atoms with Crippen molar-refractivity contribution in [3.8, 4) is 0 Å². The Balaban J connectivity index is 1.81. The van der Waals surface area contributed by atoms with Crippen molar-refractivity contribution in [3.05, 3.63) is 62.7 Å². The van der Waals surface area contributed by atoms with Crippen molar-refractivity contribution in [2.75, 3.05) is 6.54 Å². The van der Waals surface area contributed by atoms with E-state index in [9.17, 15) is 9.59 Å². The largest absolute Gasteiger partial charge is 0.329 e. The number of fused-ring (bicyclic) bond motifs is 1. The Bertz CT molecular complexity index is 994. The zero-order chi connectivity index (χ0) is 18.1. The monoisotopic (exact) mass is 367 g/mol. The lowest BCUT2D eigenvalue weighted by Crippen LogP contribution is -2.34. The van der Waals surface area contributed by atoms with Crippen LogP contribution in [0.5, 0.6) is 0 Å². The summed E-state index contributed by atoms with van der Waals surface area (Å²) in [5, 5.41) is 7.72. The van der Waals surface area contributed by atoms with Crippen LogP contribution in [0.15, 0.2) is 46.6 Å². The topological polar surface area (TPSA) is 55.2 Å². The summed E-state index contributed by atoms with van der Waals surface area (Å²) >= 11 is 1.68. The Hall–Kier alpha value is -2.47. The highest BCUT2D eigenvalue weighted by molar-refractivity contribution is 7.10. The second-order valence-electron chi connectivity index (χ2n) is 6.59. The second-order valence-corrected chi connectivity index (χ2v) is 7.57. The van der Waals surface area contributed by atoms with Crippen LogP contribution >= 0.6 is 11.3 Å². The molecule has 1 fully saturated rings. The van der Waals surface area contributed by atoms with Crippen molar-refractivity contribution < 1.29 is 4.79 Å². The fourth-order valence-electron chi connectivity index (χ4n) is 3.68. The first-order valence-electron chi connectivity index (χ1n) is 9.05. The Labute approximate surface area is 155 Å². The van der Waals surface area contributed by atoms with Gasteiger partial charge < -0.3 is 4.90 Å². The molecule has 0 radical (unpaired) electrons. The van der Waals surface area contributed by atoms with Gasteiger partial charge in [-0.15, -0.1) is 11.3 Å². The van der Waals surface area contributed by atoms with Gasteiger partial charge in [-0.25, -0.2) is 4.68 Å². The number of carbonyl (C=O) groups is 1. The molecule has 6 heteroatoms. The lowest BCUT2D eigenvalue weighted by molar-refractivity contribution is 0.0731. The zero-order valence-corrected chi connectivity index (χ0v) is 15.5. The summed E-state index contributed by atoms with van der Waals surface area (Å²) in [6.07, 6.45) is 2.75. The molecular weight excluding hydrogens is 346 g/mol. The van der Waals surface area contributed by atoms with E-state index in [1.54, 1.807) is 17.4 Å². The number of amides is 1. The third-order valence-electron chi connectivity index (χ3n) is 4.89. The maximum atomic E-state index is 13.4. The number of likely N-dealkylation sites (tertiary alicyclic amines) is 1. The Morgan fingerprint density at radius 2 is 2.04 bits per heavy atom. The zero-order valence-electron chi connectivity index (χ0n) is 14.7. The lowest BCUT2D eigenvalue weighted by atomic mass is 10.1. The van der Waals surface area contributed by atoms with Crippen LogP contribution in [0.1, 0.15) is 47.6 Å². The molecule has 0 N–H and O–H groups in total. The van der Waals surface area contributed by atoms with Gasteiger partial charge >= 0.3 is 0 Å². The van der Waals surface area contributed by atoms with Gasteiger partial charge in [0.2, 0.25) is 0 Å². The third kappa shape index (κ3) is 2.84. The quantitative estimate of drug-likeness (QED) is 0.704. The Morgan fingerprint density at radius 3 is 2.77 bits per heavy atom.